The van der Waals surface area contributed by atoms with E-state index in [1.54, 1.807) is 12.1 Å². The van der Waals surface area contributed by atoms with Crippen molar-refractivity contribution in [3.63, 3.8) is 0 Å². The lowest BCUT2D eigenvalue weighted by molar-refractivity contribution is 0.628. The lowest BCUT2D eigenvalue weighted by atomic mass is 10.0. The Balaban J connectivity index is 2.18. The molecule has 0 saturated carbocycles. The second-order valence-corrected chi connectivity index (χ2v) is 4.14. The molecule has 0 aromatic heterocycles. The maximum Gasteiger partial charge on any atom is 0.123 e. The van der Waals surface area contributed by atoms with Crippen LogP contribution in [0, 0.1) is 17.7 Å². The molecule has 18 heavy (non-hydrogen) atoms. The van der Waals surface area contributed by atoms with Crippen LogP contribution in [0.5, 0.6) is 0 Å². The van der Waals surface area contributed by atoms with Crippen LogP contribution in [-0.4, -0.2) is 0 Å². The van der Waals surface area contributed by atoms with Gasteiger partial charge in [-0.15, -0.1) is 0 Å². The molecule has 0 radical (unpaired) electrons. The van der Waals surface area contributed by atoms with Gasteiger partial charge in [0.05, 0.1) is 0 Å². The van der Waals surface area contributed by atoms with Crippen molar-refractivity contribution in [1.82, 2.24) is 0 Å². The predicted octanol–water partition coefficient (Wildman–Crippen LogP) is 4.64. The van der Waals surface area contributed by atoms with Crippen LogP contribution in [0.3, 0.4) is 0 Å². The van der Waals surface area contributed by atoms with Crippen LogP contribution in [-0.2, 0) is 0 Å². The third-order valence-electron chi connectivity index (χ3n) is 2.67. The van der Waals surface area contributed by atoms with E-state index in [1.165, 1.54) is 12.1 Å². The van der Waals surface area contributed by atoms with E-state index in [2.05, 4.69) is 18.8 Å². The van der Waals surface area contributed by atoms with Crippen molar-refractivity contribution in [2.45, 2.75) is 19.8 Å². The highest BCUT2D eigenvalue weighted by atomic mass is 19.1. The number of hydrogen-bond donors (Lipinski definition) is 0. The molecule has 1 heteroatoms. The van der Waals surface area contributed by atoms with E-state index in [1.807, 2.05) is 24.3 Å². The van der Waals surface area contributed by atoms with Gasteiger partial charge in [-0.2, -0.15) is 0 Å². The molecule has 0 unspecified atom stereocenters. The van der Waals surface area contributed by atoms with Crippen molar-refractivity contribution in [3.8, 4) is 23.0 Å². The summed E-state index contributed by atoms with van der Waals surface area (Å²) in [5.41, 5.74) is 3.12. The van der Waals surface area contributed by atoms with Crippen LogP contribution in [0.25, 0.3) is 11.1 Å². The summed E-state index contributed by atoms with van der Waals surface area (Å²) in [6.45, 7) is 2.12. The minimum atomic E-state index is -0.208. The summed E-state index contributed by atoms with van der Waals surface area (Å²) in [6, 6.07) is 14.6. The molecule has 0 aliphatic heterocycles. The van der Waals surface area contributed by atoms with Gasteiger partial charge >= 0.3 is 0 Å². The van der Waals surface area contributed by atoms with Crippen LogP contribution < -0.4 is 0 Å². The lowest BCUT2D eigenvalue weighted by Crippen LogP contribution is -1.80. The summed E-state index contributed by atoms with van der Waals surface area (Å²) in [5, 5.41) is 0. The van der Waals surface area contributed by atoms with Gasteiger partial charge in [-0.25, -0.2) is 4.39 Å². The molecule has 2 aromatic carbocycles. The minimum absolute atomic E-state index is 0.208. The predicted molar refractivity (Wildman–Crippen MR) is 73.6 cm³/mol. The van der Waals surface area contributed by atoms with Gasteiger partial charge in [-0.3, -0.25) is 0 Å². The van der Waals surface area contributed by atoms with Crippen LogP contribution in [0.4, 0.5) is 4.39 Å². The number of rotatable bonds is 2. The molecule has 0 bridgehead atoms. The van der Waals surface area contributed by atoms with Gasteiger partial charge in [-0.05, 0) is 41.8 Å². The molecule has 0 N–H and O–H groups in total. The molecule has 0 nitrogen and oxygen atoms in total. The van der Waals surface area contributed by atoms with Crippen LogP contribution in [0.1, 0.15) is 25.3 Å². The first-order chi connectivity index (χ1) is 8.79. The number of halogens is 1. The molecule has 0 saturated heterocycles. The van der Waals surface area contributed by atoms with Crippen molar-refractivity contribution in [2.24, 2.45) is 0 Å². The van der Waals surface area contributed by atoms with Crippen LogP contribution in [0.15, 0.2) is 48.5 Å². The molecule has 2 rings (SSSR count). The lowest BCUT2D eigenvalue weighted by Gasteiger charge is -2.01. The van der Waals surface area contributed by atoms with E-state index < -0.39 is 0 Å². The Labute approximate surface area is 107 Å². The van der Waals surface area contributed by atoms with Gasteiger partial charge in [-0.1, -0.05) is 43.0 Å². The zero-order chi connectivity index (χ0) is 12.8. The molecule has 0 atom stereocenters. The topological polar surface area (TPSA) is 0 Å². The third kappa shape index (κ3) is 3.21. The summed E-state index contributed by atoms with van der Waals surface area (Å²) in [4.78, 5) is 0. The summed E-state index contributed by atoms with van der Waals surface area (Å²) in [5.74, 6) is 6.03. The molecule has 90 valence electrons. The number of benzene rings is 2. The van der Waals surface area contributed by atoms with Gasteiger partial charge in [0.15, 0.2) is 0 Å². The fraction of sp³-hybridized carbons (Fsp3) is 0.176. The standard InChI is InChI=1S/C17H15F/c1-2-3-4-5-14-6-8-15(9-7-14)16-10-12-17(18)13-11-16/h6-13H,2-3H2,1H3. The summed E-state index contributed by atoms with van der Waals surface area (Å²) < 4.78 is 12.8. The van der Waals surface area contributed by atoms with Gasteiger partial charge in [0.1, 0.15) is 5.82 Å². The Bertz CT molecular complexity index is 553. The maximum atomic E-state index is 12.8. The monoisotopic (exact) mass is 238 g/mol. The average molecular weight is 238 g/mol. The van der Waals surface area contributed by atoms with E-state index in [9.17, 15) is 4.39 Å². The highest BCUT2D eigenvalue weighted by Gasteiger charge is 1.97. The minimum Gasteiger partial charge on any atom is -0.207 e. The average Bonchev–Trinajstić information content (AvgIpc) is 2.41. The van der Waals surface area contributed by atoms with E-state index in [0.717, 1.165) is 29.5 Å². The third-order valence-corrected chi connectivity index (χ3v) is 2.67. The second-order valence-electron chi connectivity index (χ2n) is 4.14. The molecular weight excluding hydrogens is 223 g/mol. The Morgan fingerprint density at radius 3 is 2.00 bits per heavy atom. The summed E-state index contributed by atoms with van der Waals surface area (Å²) >= 11 is 0. The van der Waals surface area contributed by atoms with E-state index in [4.69, 9.17) is 0 Å². The summed E-state index contributed by atoms with van der Waals surface area (Å²) in [7, 11) is 0. The SMILES string of the molecule is CCCC#Cc1ccc(-c2ccc(F)cc2)cc1. The second kappa shape index (κ2) is 6.02. The Morgan fingerprint density at radius 1 is 0.889 bits per heavy atom. The summed E-state index contributed by atoms with van der Waals surface area (Å²) in [6.07, 6.45) is 2.01. The highest BCUT2D eigenvalue weighted by molar-refractivity contribution is 5.64. The first-order valence-corrected chi connectivity index (χ1v) is 6.14. The van der Waals surface area contributed by atoms with Crippen LogP contribution >= 0.6 is 0 Å². The molecular formula is C17H15F. The first-order valence-electron chi connectivity index (χ1n) is 6.14. The Kier molecular flexibility index (Phi) is 4.15. The van der Waals surface area contributed by atoms with Crippen LogP contribution in [0.2, 0.25) is 0 Å². The maximum absolute atomic E-state index is 12.8. The van der Waals surface area contributed by atoms with Crippen molar-refractivity contribution < 1.29 is 4.39 Å². The smallest absolute Gasteiger partial charge is 0.123 e. The van der Waals surface area contributed by atoms with Gasteiger partial charge in [0.2, 0.25) is 0 Å². The first kappa shape index (κ1) is 12.4. The molecule has 0 aliphatic rings. The molecule has 2 aromatic rings. The van der Waals surface area contributed by atoms with Gasteiger partial charge in [0.25, 0.3) is 0 Å². The normalized spacial score (nSPS) is 9.67. The quantitative estimate of drug-likeness (QED) is 0.668. The van der Waals surface area contributed by atoms with Gasteiger partial charge in [0, 0.05) is 12.0 Å². The van der Waals surface area contributed by atoms with Crippen molar-refractivity contribution in [3.05, 3.63) is 59.9 Å². The van der Waals surface area contributed by atoms with E-state index in [0.29, 0.717) is 0 Å². The molecule has 0 aliphatic carbocycles. The van der Waals surface area contributed by atoms with Gasteiger partial charge < -0.3 is 0 Å². The molecule has 0 amide bonds. The highest BCUT2D eigenvalue weighted by Crippen LogP contribution is 2.19. The van der Waals surface area contributed by atoms with Crippen molar-refractivity contribution in [2.75, 3.05) is 0 Å². The zero-order valence-electron chi connectivity index (χ0n) is 10.4. The Hall–Kier alpha value is -2.07. The zero-order valence-corrected chi connectivity index (χ0v) is 10.4. The van der Waals surface area contributed by atoms with Crippen molar-refractivity contribution >= 4 is 0 Å². The van der Waals surface area contributed by atoms with Crippen molar-refractivity contribution in [1.29, 1.82) is 0 Å². The Morgan fingerprint density at radius 2 is 1.44 bits per heavy atom. The molecule has 0 fully saturated rings. The number of hydrogen-bond acceptors (Lipinski definition) is 0. The largest absolute Gasteiger partial charge is 0.207 e. The molecule has 0 heterocycles. The number of unbranched alkanes of at least 4 members (excludes halogenated alkanes) is 1. The van der Waals surface area contributed by atoms with E-state index in [-0.39, 0.29) is 5.82 Å². The fourth-order valence-electron chi connectivity index (χ4n) is 1.68. The fourth-order valence-corrected chi connectivity index (χ4v) is 1.68. The molecule has 0 spiro atoms. The van der Waals surface area contributed by atoms with E-state index >= 15 is 0 Å².